The summed E-state index contributed by atoms with van der Waals surface area (Å²) in [7, 11) is 0. The second kappa shape index (κ2) is 7.26. The quantitative estimate of drug-likeness (QED) is 0.658. The maximum atomic E-state index is 12.0. The van der Waals surface area contributed by atoms with Crippen LogP contribution in [0.25, 0.3) is 0 Å². The molecule has 1 rings (SSSR count). The molecule has 0 spiro atoms. The molecule has 0 fully saturated rings. The van der Waals surface area contributed by atoms with Gasteiger partial charge in [-0.25, -0.2) is 0 Å². The van der Waals surface area contributed by atoms with Crippen LogP contribution in [0.2, 0.25) is 0 Å². The van der Waals surface area contributed by atoms with Crippen LogP contribution in [0.1, 0.15) is 19.4 Å². The van der Waals surface area contributed by atoms with E-state index >= 15 is 0 Å². The normalized spacial score (nSPS) is 16.0. The second-order valence-electron chi connectivity index (χ2n) is 4.67. The zero-order valence-electron chi connectivity index (χ0n) is 11.0. The van der Waals surface area contributed by atoms with Gasteiger partial charge in [0.25, 0.3) is 0 Å². The van der Waals surface area contributed by atoms with Crippen LogP contribution >= 0.6 is 0 Å². The van der Waals surface area contributed by atoms with Crippen LogP contribution in [-0.4, -0.2) is 35.6 Å². The highest BCUT2D eigenvalue weighted by atomic mass is 16.3. The molecule has 0 radical (unpaired) electrons. The van der Waals surface area contributed by atoms with E-state index in [1.807, 2.05) is 37.3 Å². The molecule has 0 aliphatic heterocycles. The monoisotopic (exact) mass is 250 g/mol. The highest BCUT2D eigenvalue weighted by molar-refractivity contribution is 5.88. The predicted octanol–water partition coefficient (Wildman–Crippen LogP) is 0.484. The summed E-state index contributed by atoms with van der Waals surface area (Å²) in [5.41, 5.74) is 6.97. The fourth-order valence-electron chi connectivity index (χ4n) is 1.85. The van der Waals surface area contributed by atoms with E-state index in [9.17, 15) is 4.79 Å². The lowest BCUT2D eigenvalue weighted by molar-refractivity contribution is -0.122. The van der Waals surface area contributed by atoms with Gasteiger partial charge in [-0.15, -0.1) is 0 Å². The Balaban J connectivity index is 2.51. The highest BCUT2D eigenvalue weighted by Crippen LogP contribution is 2.04. The zero-order valence-corrected chi connectivity index (χ0v) is 11.0. The Morgan fingerprint density at radius 3 is 2.50 bits per heavy atom. The minimum absolute atomic E-state index is 0.00550. The van der Waals surface area contributed by atoms with E-state index < -0.39 is 6.04 Å². The molecule has 0 heterocycles. The van der Waals surface area contributed by atoms with Crippen molar-refractivity contribution >= 4 is 5.78 Å². The van der Waals surface area contributed by atoms with Crippen molar-refractivity contribution in [3.8, 4) is 0 Å². The van der Waals surface area contributed by atoms with Crippen LogP contribution in [0.15, 0.2) is 30.3 Å². The maximum Gasteiger partial charge on any atom is 0.166 e. The fourth-order valence-corrected chi connectivity index (χ4v) is 1.85. The van der Waals surface area contributed by atoms with Crippen molar-refractivity contribution in [3.05, 3.63) is 35.9 Å². The van der Waals surface area contributed by atoms with E-state index in [4.69, 9.17) is 10.8 Å². The molecular formula is C14H22N2O2. The third-order valence-corrected chi connectivity index (χ3v) is 2.90. The summed E-state index contributed by atoms with van der Waals surface area (Å²) in [5.74, 6) is -0.0286. The molecule has 100 valence electrons. The Labute approximate surface area is 108 Å². The summed E-state index contributed by atoms with van der Waals surface area (Å²) < 4.78 is 0. The molecule has 3 atom stereocenters. The van der Waals surface area contributed by atoms with Crippen molar-refractivity contribution < 1.29 is 9.90 Å². The van der Waals surface area contributed by atoms with E-state index in [2.05, 4.69) is 5.32 Å². The topological polar surface area (TPSA) is 75.3 Å². The van der Waals surface area contributed by atoms with Gasteiger partial charge >= 0.3 is 0 Å². The number of aliphatic hydroxyl groups excluding tert-OH is 1. The molecule has 0 bridgehead atoms. The summed E-state index contributed by atoms with van der Waals surface area (Å²) in [6.45, 7) is 3.61. The van der Waals surface area contributed by atoms with Gasteiger partial charge < -0.3 is 16.2 Å². The van der Waals surface area contributed by atoms with Gasteiger partial charge in [0, 0.05) is 6.04 Å². The third-order valence-electron chi connectivity index (χ3n) is 2.90. The molecule has 0 aliphatic carbocycles. The van der Waals surface area contributed by atoms with Gasteiger partial charge in [-0.1, -0.05) is 30.3 Å². The lowest BCUT2D eigenvalue weighted by Crippen LogP contribution is -2.48. The zero-order chi connectivity index (χ0) is 13.5. The molecular weight excluding hydrogens is 228 g/mol. The van der Waals surface area contributed by atoms with Crippen molar-refractivity contribution in [1.29, 1.82) is 0 Å². The first kappa shape index (κ1) is 14.8. The van der Waals surface area contributed by atoms with E-state index in [1.54, 1.807) is 6.92 Å². The average molecular weight is 250 g/mol. The van der Waals surface area contributed by atoms with Crippen LogP contribution in [0.4, 0.5) is 0 Å². The predicted molar refractivity (Wildman–Crippen MR) is 72.3 cm³/mol. The van der Waals surface area contributed by atoms with Crippen molar-refractivity contribution in [1.82, 2.24) is 5.32 Å². The molecule has 1 aromatic rings. The van der Waals surface area contributed by atoms with E-state index in [0.29, 0.717) is 6.42 Å². The summed E-state index contributed by atoms with van der Waals surface area (Å²) in [5, 5.41) is 12.0. The molecule has 0 saturated heterocycles. The van der Waals surface area contributed by atoms with Crippen molar-refractivity contribution in [2.24, 2.45) is 5.73 Å². The first-order valence-electron chi connectivity index (χ1n) is 6.24. The van der Waals surface area contributed by atoms with Crippen molar-refractivity contribution in [2.45, 2.75) is 38.4 Å². The molecule has 4 nitrogen and oxygen atoms in total. The number of carbonyl (C=O) groups excluding carboxylic acids is 1. The van der Waals surface area contributed by atoms with Crippen LogP contribution in [0, 0.1) is 0 Å². The number of nitrogens with two attached hydrogens (primary N) is 1. The first-order chi connectivity index (χ1) is 8.54. The molecule has 0 amide bonds. The Morgan fingerprint density at radius 1 is 1.33 bits per heavy atom. The summed E-state index contributed by atoms with van der Waals surface area (Å²) in [6, 6.07) is 8.76. The maximum absolute atomic E-state index is 12.0. The van der Waals surface area contributed by atoms with Gasteiger partial charge in [0.1, 0.15) is 0 Å². The number of aliphatic hydroxyl groups is 1. The Bertz CT molecular complexity index is 367. The van der Waals surface area contributed by atoms with E-state index in [-0.39, 0.29) is 24.5 Å². The van der Waals surface area contributed by atoms with Crippen LogP contribution in [0.3, 0.4) is 0 Å². The van der Waals surface area contributed by atoms with Gasteiger partial charge in [0.2, 0.25) is 0 Å². The Morgan fingerprint density at radius 2 is 1.94 bits per heavy atom. The Kier molecular flexibility index (Phi) is 5.98. The highest BCUT2D eigenvalue weighted by Gasteiger charge is 2.21. The third kappa shape index (κ3) is 4.56. The lowest BCUT2D eigenvalue weighted by atomic mass is 9.99. The first-order valence-corrected chi connectivity index (χ1v) is 6.24. The molecule has 2 unspecified atom stereocenters. The minimum Gasteiger partial charge on any atom is -0.395 e. The van der Waals surface area contributed by atoms with Gasteiger partial charge in [-0.3, -0.25) is 4.79 Å². The smallest absolute Gasteiger partial charge is 0.166 e. The fraction of sp³-hybridized carbons (Fsp3) is 0.500. The molecule has 4 heteroatoms. The van der Waals surface area contributed by atoms with Gasteiger partial charge in [-0.2, -0.15) is 0 Å². The molecule has 4 N–H and O–H groups in total. The van der Waals surface area contributed by atoms with Crippen LogP contribution < -0.4 is 11.1 Å². The van der Waals surface area contributed by atoms with E-state index in [1.165, 1.54) is 0 Å². The van der Waals surface area contributed by atoms with Crippen molar-refractivity contribution in [3.63, 3.8) is 0 Å². The second-order valence-corrected chi connectivity index (χ2v) is 4.67. The van der Waals surface area contributed by atoms with E-state index in [0.717, 1.165) is 5.56 Å². The van der Waals surface area contributed by atoms with Crippen molar-refractivity contribution in [2.75, 3.05) is 6.61 Å². The standard InChI is InChI=1S/C14H22N2O2/c1-10(9-17)16-11(2)14(18)13(15)8-12-6-4-3-5-7-12/h3-7,10-11,13,16-17H,8-9,15H2,1-2H3/t10?,11?,13-/m0/s1. The molecule has 1 aromatic carbocycles. The molecule has 0 saturated carbocycles. The number of nitrogens with one attached hydrogen (secondary N) is 1. The van der Waals surface area contributed by atoms with Gasteiger partial charge in [0.15, 0.2) is 5.78 Å². The number of Topliss-reactive ketones (excluding diaryl/α,β-unsaturated/α-hetero) is 1. The summed E-state index contributed by atoms with van der Waals surface area (Å²) in [6.07, 6.45) is 0.541. The lowest BCUT2D eigenvalue weighted by Gasteiger charge is -2.20. The number of carbonyl (C=O) groups is 1. The van der Waals surface area contributed by atoms with Gasteiger partial charge in [-0.05, 0) is 25.8 Å². The number of ketones is 1. The molecule has 0 aromatic heterocycles. The Hall–Kier alpha value is -1.23. The number of hydrogen-bond donors (Lipinski definition) is 3. The number of hydrogen-bond acceptors (Lipinski definition) is 4. The average Bonchev–Trinajstić information content (AvgIpc) is 2.38. The molecule has 18 heavy (non-hydrogen) atoms. The van der Waals surface area contributed by atoms with Crippen LogP contribution in [-0.2, 0) is 11.2 Å². The molecule has 0 aliphatic rings. The number of rotatable bonds is 7. The SMILES string of the molecule is CC(CO)NC(C)C(=O)[C@@H](N)Cc1ccccc1. The van der Waals surface area contributed by atoms with Crippen LogP contribution in [0.5, 0.6) is 0 Å². The number of benzene rings is 1. The summed E-state index contributed by atoms with van der Waals surface area (Å²) >= 11 is 0. The van der Waals surface area contributed by atoms with Gasteiger partial charge in [0.05, 0.1) is 18.7 Å². The summed E-state index contributed by atoms with van der Waals surface area (Å²) in [4.78, 5) is 12.0. The largest absolute Gasteiger partial charge is 0.395 e. The minimum atomic E-state index is -0.513.